The fraction of sp³-hybridized carbons (Fsp3) is 0.500. The lowest BCUT2D eigenvalue weighted by Crippen LogP contribution is -2.53. The standard InChI is InChI=1S/C22H27ClN2O4/c1-15-12-19(24-8-10-28-11-9-24)25(13-16-4-6-18(23)7-5-16)21(20(15)22(26)27)29-14-17-2-3-17/h4-7,12,17,19H,2-3,8-11,13-14H2,1H3,(H,26,27). The molecule has 1 N–H and O–H groups in total. The predicted octanol–water partition coefficient (Wildman–Crippen LogP) is 3.48. The van der Waals surface area contributed by atoms with E-state index in [9.17, 15) is 9.90 Å². The molecule has 2 heterocycles. The highest BCUT2D eigenvalue weighted by atomic mass is 35.5. The zero-order valence-corrected chi connectivity index (χ0v) is 17.4. The third-order valence-electron chi connectivity index (χ3n) is 5.64. The van der Waals surface area contributed by atoms with Crippen LogP contribution in [0.2, 0.25) is 5.02 Å². The molecule has 1 aromatic carbocycles. The summed E-state index contributed by atoms with van der Waals surface area (Å²) < 4.78 is 11.7. The molecule has 1 aliphatic carbocycles. The lowest BCUT2D eigenvalue weighted by molar-refractivity contribution is -0.133. The minimum absolute atomic E-state index is 0.0770. The average Bonchev–Trinajstić information content (AvgIpc) is 3.54. The first-order valence-corrected chi connectivity index (χ1v) is 10.5. The van der Waals surface area contributed by atoms with Crippen LogP contribution in [-0.4, -0.2) is 60.0 Å². The first-order chi connectivity index (χ1) is 14.0. The molecule has 2 aliphatic heterocycles. The van der Waals surface area contributed by atoms with Gasteiger partial charge in [-0.2, -0.15) is 0 Å². The van der Waals surface area contributed by atoms with Crippen LogP contribution < -0.4 is 0 Å². The molecule has 1 saturated heterocycles. The summed E-state index contributed by atoms with van der Waals surface area (Å²) in [4.78, 5) is 16.5. The summed E-state index contributed by atoms with van der Waals surface area (Å²) in [6.07, 6.45) is 4.25. The van der Waals surface area contributed by atoms with E-state index >= 15 is 0 Å². The van der Waals surface area contributed by atoms with Gasteiger partial charge in [0.2, 0.25) is 5.88 Å². The van der Waals surface area contributed by atoms with Crippen LogP contribution in [-0.2, 0) is 20.8 Å². The van der Waals surface area contributed by atoms with Crippen molar-refractivity contribution in [3.8, 4) is 0 Å². The van der Waals surface area contributed by atoms with E-state index < -0.39 is 5.97 Å². The van der Waals surface area contributed by atoms with Gasteiger partial charge in [0, 0.05) is 24.7 Å². The van der Waals surface area contributed by atoms with Gasteiger partial charge in [0.15, 0.2) is 0 Å². The summed E-state index contributed by atoms with van der Waals surface area (Å²) in [5.41, 5.74) is 2.05. The Kier molecular flexibility index (Phi) is 6.13. The van der Waals surface area contributed by atoms with Crippen LogP contribution in [0.1, 0.15) is 25.3 Å². The zero-order chi connectivity index (χ0) is 20.4. The van der Waals surface area contributed by atoms with Gasteiger partial charge in [0.05, 0.1) is 19.8 Å². The Morgan fingerprint density at radius 1 is 1.24 bits per heavy atom. The highest BCUT2D eigenvalue weighted by Crippen LogP contribution is 2.35. The molecule has 7 heteroatoms. The van der Waals surface area contributed by atoms with Crippen molar-refractivity contribution in [2.45, 2.75) is 32.5 Å². The third kappa shape index (κ3) is 4.77. The SMILES string of the molecule is CC1=CC(N2CCOCC2)N(Cc2ccc(Cl)cc2)C(OCC2CC2)=C1C(=O)O. The summed E-state index contributed by atoms with van der Waals surface area (Å²) in [5.74, 6) is 0.0462. The first-order valence-electron chi connectivity index (χ1n) is 10.1. The van der Waals surface area contributed by atoms with Crippen molar-refractivity contribution >= 4 is 17.6 Å². The summed E-state index contributed by atoms with van der Waals surface area (Å²) in [7, 11) is 0. The molecule has 1 saturated carbocycles. The molecule has 0 amide bonds. The third-order valence-corrected chi connectivity index (χ3v) is 5.89. The van der Waals surface area contributed by atoms with Gasteiger partial charge >= 0.3 is 5.97 Å². The summed E-state index contributed by atoms with van der Waals surface area (Å²) >= 11 is 6.05. The fourth-order valence-corrected chi connectivity index (χ4v) is 3.95. The molecule has 0 radical (unpaired) electrons. The van der Waals surface area contributed by atoms with E-state index in [0.717, 1.165) is 37.1 Å². The van der Waals surface area contributed by atoms with Crippen LogP contribution in [0.5, 0.6) is 0 Å². The minimum atomic E-state index is -0.953. The largest absolute Gasteiger partial charge is 0.478 e. The highest BCUT2D eigenvalue weighted by molar-refractivity contribution is 6.30. The van der Waals surface area contributed by atoms with Crippen molar-refractivity contribution in [3.63, 3.8) is 0 Å². The number of aliphatic carboxylic acids is 1. The zero-order valence-electron chi connectivity index (χ0n) is 16.6. The van der Waals surface area contributed by atoms with E-state index in [1.807, 2.05) is 37.3 Å². The minimum Gasteiger partial charge on any atom is -0.478 e. The second-order valence-corrected chi connectivity index (χ2v) is 8.34. The van der Waals surface area contributed by atoms with E-state index in [4.69, 9.17) is 21.1 Å². The number of hydrogen-bond donors (Lipinski definition) is 1. The lowest BCUT2D eigenvalue weighted by atomic mass is 10.0. The lowest BCUT2D eigenvalue weighted by Gasteiger charge is -2.44. The topological polar surface area (TPSA) is 62.2 Å². The van der Waals surface area contributed by atoms with Crippen molar-refractivity contribution in [1.29, 1.82) is 0 Å². The molecule has 6 nitrogen and oxygen atoms in total. The van der Waals surface area contributed by atoms with Crippen LogP contribution in [0.3, 0.4) is 0 Å². The molecule has 0 bridgehead atoms. The number of carbonyl (C=O) groups is 1. The molecule has 1 aromatic rings. The molecule has 29 heavy (non-hydrogen) atoms. The van der Waals surface area contributed by atoms with Crippen molar-refractivity contribution in [2.75, 3.05) is 32.9 Å². The number of carboxylic acid groups (broad SMARTS) is 1. The number of ether oxygens (including phenoxy) is 2. The van der Waals surface area contributed by atoms with Gasteiger partial charge in [-0.3, -0.25) is 4.90 Å². The van der Waals surface area contributed by atoms with Gasteiger partial charge in [-0.05, 0) is 55.0 Å². The quantitative estimate of drug-likeness (QED) is 0.731. The van der Waals surface area contributed by atoms with Crippen LogP contribution in [0.15, 0.2) is 47.4 Å². The Bertz CT molecular complexity index is 811. The second-order valence-electron chi connectivity index (χ2n) is 7.91. The molecule has 156 valence electrons. The Hall–Kier alpha value is -2.02. The number of benzene rings is 1. The fourth-order valence-electron chi connectivity index (χ4n) is 3.82. The van der Waals surface area contributed by atoms with Crippen LogP contribution in [0, 0.1) is 5.92 Å². The van der Waals surface area contributed by atoms with Crippen LogP contribution in [0.4, 0.5) is 0 Å². The first kappa shape index (κ1) is 20.3. The number of morpholine rings is 1. The monoisotopic (exact) mass is 418 g/mol. The van der Waals surface area contributed by atoms with Crippen molar-refractivity contribution in [3.05, 3.63) is 58.0 Å². The highest BCUT2D eigenvalue weighted by Gasteiger charge is 2.36. The van der Waals surface area contributed by atoms with Crippen molar-refractivity contribution in [1.82, 2.24) is 9.80 Å². The molecule has 4 rings (SSSR count). The van der Waals surface area contributed by atoms with Crippen LogP contribution >= 0.6 is 11.6 Å². The Morgan fingerprint density at radius 3 is 2.55 bits per heavy atom. The van der Waals surface area contributed by atoms with Gasteiger partial charge in [0.1, 0.15) is 11.7 Å². The smallest absolute Gasteiger partial charge is 0.341 e. The normalized spacial score (nSPS) is 23.2. The van der Waals surface area contributed by atoms with E-state index in [1.165, 1.54) is 0 Å². The Balaban J connectivity index is 1.69. The molecule has 1 atom stereocenters. The molecular formula is C22H27ClN2O4. The molecule has 1 unspecified atom stereocenters. The van der Waals surface area contributed by atoms with E-state index in [0.29, 0.717) is 43.2 Å². The van der Waals surface area contributed by atoms with E-state index in [2.05, 4.69) is 9.80 Å². The summed E-state index contributed by atoms with van der Waals surface area (Å²) in [6, 6.07) is 7.67. The number of halogens is 1. The number of hydrogen-bond acceptors (Lipinski definition) is 5. The van der Waals surface area contributed by atoms with Crippen molar-refractivity contribution < 1.29 is 19.4 Å². The maximum atomic E-state index is 12.1. The van der Waals surface area contributed by atoms with Gasteiger partial charge in [-0.15, -0.1) is 0 Å². The van der Waals surface area contributed by atoms with E-state index in [-0.39, 0.29) is 11.7 Å². The Labute approximate surface area is 176 Å². The molecule has 2 fully saturated rings. The van der Waals surface area contributed by atoms with Gasteiger partial charge in [0.25, 0.3) is 0 Å². The second kappa shape index (κ2) is 8.78. The van der Waals surface area contributed by atoms with Crippen LogP contribution in [0.25, 0.3) is 0 Å². The van der Waals surface area contributed by atoms with Crippen molar-refractivity contribution in [2.24, 2.45) is 5.92 Å². The molecule has 0 aromatic heterocycles. The van der Waals surface area contributed by atoms with Gasteiger partial charge in [-0.25, -0.2) is 4.79 Å². The maximum Gasteiger partial charge on any atom is 0.341 e. The summed E-state index contributed by atoms with van der Waals surface area (Å²) in [5, 5.41) is 10.6. The Morgan fingerprint density at radius 2 is 1.93 bits per heavy atom. The van der Waals surface area contributed by atoms with E-state index in [1.54, 1.807) is 0 Å². The molecular weight excluding hydrogens is 392 g/mol. The van der Waals surface area contributed by atoms with Gasteiger partial charge in [-0.1, -0.05) is 23.7 Å². The number of nitrogens with zero attached hydrogens (tertiary/aromatic N) is 2. The maximum absolute atomic E-state index is 12.1. The number of rotatable bonds is 7. The number of carboxylic acids is 1. The van der Waals surface area contributed by atoms with Gasteiger partial charge < -0.3 is 19.5 Å². The average molecular weight is 419 g/mol. The predicted molar refractivity (Wildman–Crippen MR) is 110 cm³/mol. The molecule has 0 spiro atoms. The summed E-state index contributed by atoms with van der Waals surface area (Å²) in [6.45, 7) is 5.90. The molecule has 3 aliphatic rings.